The van der Waals surface area contributed by atoms with E-state index in [2.05, 4.69) is 67.7 Å². The minimum Gasteiger partial charge on any atom is -0.531 e. The molecule has 0 saturated heterocycles. The van der Waals surface area contributed by atoms with Crippen molar-refractivity contribution in [3.8, 4) is 11.8 Å². The molecule has 2 rings (SSSR count). The van der Waals surface area contributed by atoms with Gasteiger partial charge in [-0.3, -0.25) is 0 Å². The molecule has 0 saturated carbocycles. The molecular weight excluding hydrogens is 368 g/mol. The second-order valence-corrected chi connectivity index (χ2v) is 19.9. The average Bonchev–Trinajstić information content (AvgIpc) is 2.43. The van der Waals surface area contributed by atoms with E-state index in [4.69, 9.17) is 19.6 Å². The topological polar surface area (TPSA) is 57.4 Å². The molecule has 0 aliphatic carbocycles. The van der Waals surface area contributed by atoms with Crippen LogP contribution in [-0.2, 0) is 0 Å². The first-order chi connectivity index (χ1) is 12.1. The fourth-order valence-electron chi connectivity index (χ4n) is 2.21. The van der Waals surface area contributed by atoms with Crippen LogP contribution in [0.1, 0.15) is 41.5 Å². The number of hydrogen-bond acceptors (Lipinski definition) is 4. The zero-order valence-electron chi connectivity index (χ0n) is 18.7. The molecule has 1 heterocycles. The first-order valence-corrected chi connectivity index (χ1v) is 15.4. The van der Waals surface area contributed by atoms with Crippen molar-refractivity contribution in [3.63, 3.8) is 0 Å². The minimum absolute atomic E-state index is 0.0703. The quantitative estimate of drug-likeness (QED) is 0.461. The number of anilines is 1. The number of hydrogen-bond donors (Lipinski definition) is 1. The Labute approximate surface area is 166 Å². The Morgan fingerprint density at radius 1 is 0.852 bits per heavy atom. The monoisotopic (exact) mass is 404 g/mol. The van der Waals surface area contributed by atoms with Crippen molar-refractivity contribution in [1.82, 2.24) is 4.98 Å². The summed E-state index contributed by atoms with van der Waals surface area (Å²) in [5, 5.41) is 2.05. The van der Waals surface area contributed by atoms with Crippen LogP contribution >= 0.6 is 0 Å². The maximum absolute atomic E-state index is 6.58. The normalized spacial score (nSPS) is 13.7. The summed E-state index contributed by atoms with van der Waals surface area (Å²) in [5.41, 5.74) is 6.98. The van der Waals surface area contributed by atoms with Crippen LogP contribution in [0, 0.1) is 0 Å². The summed E-state index contributed by atoms with van der Waals surface area (Å²) in [7, 11) is -4.07. The smallest absolute Gasteiger partial charge is 0.252 e. The molecule has 0 spiro atoms. The van der Waals surface area contributed by atoms with Crippen LogP contribution in [-0.4, -0.2) is 21.6 Å². The summed E-state index contributed by atoms with van der Waals surface area (Å²) in [6, 6.07) is 7.90. The van der Waals surface area contributed by atoms with Crippen molar-refractivity contribution in [3.05, 3.63) is 24.3 Å². The van der Waals surface area contributed by atoms with Gasteiger partial charge in [0.25, 0.3) is 16.6 Å². The van der Waals surface area contributed by atoms with Crippen molar-refractivity contribution in [2.24, 2.45) is 0 Å². The standard InChI is InChI=1S/C21H36N2O2Si2/c1-20(2,3)26(7,8)24-17-14-15-12-11-13-16(22)18(15)19(23-17)25-27(9,10)21(4,5)6/h11-14H,22H2,1-10H3. The average molecular weight is 405 g/mol. The van der Waals surface area contributed by atoms with Gasteiger partial charge in [0.05, 0.1) is 5.39 Å². The second-order valence-electron chi connectivity index (χ2n) is 10.4. The number of nitrogens with two attached hydrogens (primary N) is 1. The van der Waals surface area contributed by atoms with E-state index in [9.17, 15) is 0 Å². The molecule has 150 valence electrons. The van der Waals surface area contributed by atoms with Crippen LogP contribution in [0.15, 0.2) is 24.3 Å². The lowest BCUT2D eigenvalue weighted by Gasteiger charge is -2.37. The molecule has 4 nitrogen and oxygen atoms in total. The third-order valence-electron chi connectivity index (χ3n) is 6.16. The van der Waals surface area contributed by atoms with Crippen molar-refractivity contribution >= 4 is 33.1 Å². The van der Waals surface area contributed by atoms with Gasteiger partial charge in [0, 0.05) is 11.8 Å². The highest BCUT2D eigenvalue weighted by Crippen LogP contribution is 2.42. The lowest BCUT2D eigenvalue weighted by atomic mass is 10.1. The van der Waals surface area contributed by atoms with Crippen LogP contribution in [0.3, 0.4) is 0 Å². The maximum Gasteiger partial charge on any atom is 0.252 e. The SMILES string of the molecule is CC(C)(C)[Si](C)(C)Oc1cc2cccc(N)c2c(O[Si](C)(C)C(C)(C)C)n1. The molecule has 1 aromatic carbocycles. The number of aromatic nitrogens is 1. The summed E-state index contributed by atoms with van der Waals surface area (Å²) in [6.07, 6.45) is 0. The first kappa shape index (κ1) is 21.8. The molecule has 0 aliphatic rings. The molecule has 2 aromatic rings. The van der Waals surface area contributed by atoms with E-state index in [1.165, 1.54) is 0 Å². The van der Waals surface area contributed by atoms with Gasteiger partial charge in [-0.2, -0.15) is 4.98 Å². The summed E-state index contributed by atoms with van der Waals surface area (Å²) in [4.78, 5) is 4.80. The molecule has 0 unspecified atom stereocenters. The largest absolute Gasteiger partial charge is 0.531 e. The Bertz CT molecular complexity index is 834. The summed E-state index contributed by atoms with van der Waals surface area (Å²) < 4.78 is 13.1. The Hall–Kier alpha value is -1.54. The summed E-state index contributed by atoms with van der Waals surface area (Å²) >= 11 is 0. The zero-order chi connectivity index (χ0) is 20.8. The van der Waals surface area contributed by atoms with Gasteiger partial charge in [-0.25, -0.2) is 0 Å². The molecule has 2 N–H and O–H groups in total. The van der Waals surface area contributed by atoms with Crippen LogP contribution in [0.5, 0.6) is 11.8 Å². The van der Waals surface area contributed by atoms with Crippen LogP contribution in [0.25, 0.3) is 10.8 Å². The lowest BCUT2D eigenvalue weighted by Crippen LogP contribution is -2.45. The molecule has 27 heavy (non-hydrogen) atoms. The Kier molecular flexibility index (Phi) is 5.49. The van der Waals surface area contributed by atoms with Gasteiger partial charge in [-0.15, -0.1) is 0 Å². The second kappa shape index (κ2) is 6.81. The molecule has 0 amide bonds. The molecule has 0 radical (unpaired) electrons. The minimum atomic E-state index is -2.07. The van der Waals surface area contributed by atoms with Gasteiger partial charge in [0.2, 0.25) is 11.8 Å². The van der Waals surface area contributed by atoms with Crippen molar-refractivity contribution < 1.29 is 8.85 Å². The Morgan fingerprint density at radius 2 is 1.37 bits per heavy atom. The number of pyridine rings is 1. The van der Waals surface area contributed by atoms with Gasteiger partial charge in [0.15, 0.2) is 0 Å². The van der Waals surface area contributed by atoms with Crippen LogP contribution in [0.4, 0.5) is 5.69 Å². The van der Waals surface area contributed by atoms with Crippen molar-refractivity contribution in [2.45, 2.75) is 77.8 Å². The number of rotatable bonds is 4. The van der Waals surface area contributed by atoms with Gasteiger partial charge < -0.3 is 14.6 Å². The third-order valence-corrected chi connectivity index (χ3v) is 14.8. The third kappa shape index (κ3) is 4.49. The van der Waals surface area contributed by atoms with E-state index in [1.54, 1.807) is 0 Å². The van der Waals surface area contributed by atoms with Gasteiger partial charge >= 0.3 is 0 Å². The predicted molar refractivity (Wildman–Crippen MR) is 122 cm³/mol. The molecular formula is C21H36N2O2Si2. The molecule has 6 heteroatoms. The number of nitrogens with zero attached hydrogens (tertiary/aromatic N) is 1. The Balaban J connectivity index is 2.61. The fraction of sp³-hybridized carbons (Fsp3) is 0.571. The molecule has 0 aliphatic heterocycles. The Morgan fingerprint density at radius 3 is 1.89 bits per heavy atom. The van der Waals surface area contributed by atoms with E-state index >= 15 is 0 Å². The van der Waals surface area contributed by atoms with Gasteiger partial charge in [-0.05, 0) is 47.7 Å². The lowest BCUT2D eigenvalue weighted by molar-refractivity contribution is 0.450. The number of fused-ring (bicyclic) bond motifs is 1. The fourth-order valence-corrected chi connectivity index (χ4v) is 4.08. The van der Waals surface area contributed by atoms with Crippen LogP contribution in [0.2, 0.25) is 36.3 Å². The predicted octanol–water partition coefficient (Wildman–Crippen LogP) is 6.59. The zero-order valence-corrected chi connectivity index (χ0v) is 20.7. The summed E-state index contributed by atoms with van der Waals surface area (Å²) in [6.45, 7) is 22.3. The molecule has 0 atom stereocenters. The van der Waals surface area contributed by atoms with E-state index in [0.29, 0.717) is 17.4 Å². The first-order valence-electron chi connectivity index (χ1n) is 9.62. The molecule has 1 aromatic heterocycles. The van der Waals surface area contributed by atoms with Crippen molar-refractivity contribution in [1.29, 1.82) is 0 Å². The highest BCUT2D eigenvalue weighted by Gasteiger charge is 2.41. The molecule has 0 fully saturated rings. The number of benzene rings is 1. The van der Waals surface area contributed by atoms with Crippen molar-refractivity contribution in [2.75, 3.05) is 5.73 Å². The van der Waals surface area contributed by atoms with E-state index < -0.39 is 16.6 Å². The van der Waals surface area contributed by atoms with Gasteiger partial charge in [0.1, 0.15) is 0 Å². The van der Waals surface area contributed by atoms with Crippen LogP contribution < -0.4 is 14.6 Å². The summed E-state index contributed by atoms with van der Waals surface area (Å²) in [5.74, 6) is 1.24. The van der Waals surface area contributed by atoms with E-state index in [-0.39, 0.29) is 10.1 Å². The maximum atomic E-state index is 6.58. The van der Waals surface area contributed by atoms with E-state index in [1.807, 2.05) is 24.3 Å². The van der Waals surface area contributed by atoms with E-state index in [0.717, 1.165) is 10.8 Å². The highest BCUT2D eigenvalue weighted by atomic mass is 28.4. The number of nitrogen functional groups attached to an aromatic ring is 1. The highest BCUT2D eigenvalue weighted by molar-refractivity contribution is 6.75. The van der Waals surface area contributed by atoms with Gasteiger partial charge in [-0.1, -0.05) is 53.7 Å². The molecule has 0 bridgehead atoms.